The highest BCUT2D eigenvalue weighted by Crippen LogP contribution is 2.25. The van der Waals surface area contributed by atoms with Gasteiger partial charge < -0.3 is 20.6 Å². The van der Waals surface area contributed by atoms with Crippen LogP contribution >= 0.6 is 0 Å². The summed E-state index contributed by atoms with van der Waals surface area (Å²) in [6.45, 7) is 5.76. The van der Waals surface area contributed by atoms with Gasteiger partial charge in [-0.1, -0.05) is 13.8 Å². The van der Waals surface area contributed by atoms with Crippen LogP contribution in [-0.4, -0.2) is 54.7 Å². The Kier molecular flexibility index (Phi) is 6.26. The minimum absolute atomic E-state index is 0.149. The second-order valence-corrected chi connectivity index (χ2v) is 5.72. The molecule has 0 bridgehead atoms. The summed E-state index contributed by atoms with van der Waals surface area (Å²) in [5.74, 6) is -0.847. The molecule has 1 heterocycles. The van der Waals surface area contributed by atoms with E-state index in [4.69, 9.17) is 0 Å². The summed E-state index contributed by atoms with van der Waals surface area (Å²) < 4.78 is 0. The Balaban J connectivity index is 2.43. The number of urea groups is 1. The molecule has 0 aromatic heterocycles. The number of nitrogens with one attached hydrogen (secondary N) is 2. The van der Waals surface area contributed by atoms with Crippen LogP contribution in [0, 0.1) is 5.41 Å². The molecule has 0 aromatic rings. The van der Waals surface area contributed by atoms with Crippen molar-refractivity contribution in [1.29, 1.82) is 0 Å². The number of piperidine rings is 1. The molecule has 2 amide bonds. The SMILES string of the molecule is CCC(CC)(CNC(=O)NC1CCCN(C)C1)C(=O)O. The van der Waals surface area contributed by atoms with Crippen LogP contribution in [0.3, 0.4) is 0 Å². The Morgan fingerprint density at radius 1 is 1.35 bits per heavy atom. The van der Waals surface area contributed by atoms with Gasteiger partial charge in [0.05, 0.1) is 5.41 Å². The minimum atomic E-state index is -0.860. The molecule has 6 heteroatoms. The summed E-state index contributed by atoms with van der Waals surface area (Å²) in [6.07, 6.45) is 3.06. The largest absolute Gasteiger partial charge is 0.481 e. The summed E-state index contributed by atoms with van der Waals surface area (Å²) in [6, 6.07) is -0.117. The highest BCUT2D eigenvalue weighted by molar-refractivity contribution is 5.78. The normalized spacial score (nSPS) is 20.4. The molecular weight excluding hydrogens is 258 g/mol. The molecule has 1 aliphatic heterocycles. The quantitative estimate of drug-likeness (QED) is 0.686. The molecule has 0 aliphatic carbocycles. The van der Waals surface area contributed by atoms with E-state index in [1.807, 2.05) is 20.9 Å². The van der Waals surface area contributed by atoms with E-state index >= 15 is 0 Å². The molecule has 116 valence electrons. The Morgan fingerprint density at radius 2 is 2.00 bits per heavy atom. The molecule has 1 fully saturated rings. The molecule has 0 radical (unpaired) electrons. The van der Waals surface area contributed by atoms with Gasteiger partial charge in [0, 0.05) is 19.1 Å². The van der Waals surface area contributed by atoms with E-state index in [2.05, 4.69) is 15.5 Å². The molecule has 0 saturated carbocycles. The summed E-state index contributed by atoms with van der Waals surface area (Å²) >= 11 is 0. The average Bonchev–Trinajstić information content (AvgIpc) is 2.40. The first-order valence-electron chi connectivity index (χ1n) is 7.40. The van der Waals surface area contributed by atoms with Gasteiger partial charge in [-0.3, -0.25) is 4.79 Å². The lowest BCUT2D eigenvalue weighted by molar-refractivity contribution is -0.149. The highest BCUT2D eigenvalue weighted by atomic mass is 16.4. The van der Waals surface area contributed by atoms with Crippen LogP contribution in [0.5, 0.6) is 0 Å². The molecule has 0 aromatic carbocycles. The molecule has 20 heavy (non-hydrogen) atoms. The number of amides is 2. The highest BCUT2D eigenvalue weighted by Gasteiger charge is 2.35. The first kappa shape index (κ1) is 16.8. The zero-order valence-electron chi connectivity index (χ0n) is 12.7. The van der Waals surface area contributed by atoms with Gasteiger partial charge >= 0.3 is 12.0 Å². The fraction of sp³-hybridized carbons (Fsp3) is 0.857. The number of aliphatic carboxylic acids is 1. The molecule has 1 aliphatic rings. The van der Waals surface area contributed by atoms with Crippen molar-refractivity contribution in [3.8, 4) is 0 Å². The number of hydrogen-bond acceptors (Lipinski definition) is 3. The van der Waals surface area contributed by atoms with Gasteiger partial charge in [0.2, 0.25) is 0 Å². The Hall–Kier alpha value is -1.30. The lowest BCUT2D eigenvalue weighted by Crippen LogP contribution is -2.52. The predicted molar refractivity (Wildman–Crippen MR) is 77.7 cm³/mol. The monoisotopic (exact) mass is 285 g/mol. The maximum absolute atomic E-state index is 11.9. The lowest BCUT2D eigenvalue weighted by atomic mass is 9.82. The third-order valence-electron chi connectivity index (χ3n) is 4.35. The van der Waals surface area contributed by atoms with Crippen molar-refractivity contribution in [2.45, 2.75) is 45.6 Å². The number of nitrogens with zero attached hydrogens (tertiary/aromatic N) is 1. The van der Waals surface area contributed by atoms with Gasteiger partial charge in [-0.05, 0) is 39.3 Å². The van der Waals surface area contributed by atoms with Gasteiger partial charge in [0.1, 0.15) is 0 Å². The van der Waals surface area contributed by atoms with Gasteiger partial charge in [-0.2, -0.15) is 0 Å². The first-order chi connectivity index (χ1) is 9.43. The maximum atomic E-state index is 11.9. The van der Waals surface area contributed by atoms with Crippen LogP contribution in [-0.2, 0) is 4.79 Å². The zero-order valence-corrected chi connectivity index (χ0v) is 12.7. The molecule has 1 atom stereocenters. The number of hydrogen-bond donors (Lipinski definition) is 3. The molecule has 3 N–H and O–H groups in total. The third kappa shape index (κ3) is 4.37. The van der Waals surface area contributed by atoms with Crippen molar-refractivity contribution in [3.63, 3.8) is 0 Å². The summed E-state index contributed by atoms with van der Waals surface area (Å²) in [5, 5.41) is 15.0. The van der Waals surface area contributed by atoms with Crippen molar-refractivity contribution in [1.82, 2.24) is 15.5 Å². The Morgan fingerprint density at radius 3 is 2.50 bits per heavy atom. The Labute approximate surface area is 120 Å². The second kappa shape index (κ2) is 7.47. The van der Waals surface area contributed by atoms with Crippen LogP contribution in [0.2, 0.25) is 0 Å². The van der Waals surface area contributed by atoms with Gasteiger partial charge in [0.25, 0.3) is 0 Å². The molecular formula is C14H27N3O3. The van der Waals surface area contributed by atoms with Crippen LogP contribution < -0.4 is 10.6 Å². The van der Waals surface area contributed by atoms with Crippen LogP contribution in [0.4, 0.5) is 4.79 Å². The Bertz CT molecular complexity index is 343. The summed E-state index contributed by atoms with van der Waals surface area (Å²) in [5.41, 5.74) is -0.860. The lowest BCUT2D eigenvalue weighted by Gasteiger charge is -2.31. The van der Waals surface area contributed by atoms with Crippen molar-refractivity contribution >= 4 is 12.0 Å². The average molecular weight is 285 g/mol. The number of likely N-dealkylation sites (tertiary alicyclic amines) is 1. The molecule has 1 unspecified atom stereocenters. The predicted octanol–water partition coefficient (Wildman–Crippen LogP) is 1.27. The van der Waals surface area contributed by atoms with E-state index in [0.29, 0.717) is 12.8 Å². The number of carboxylic acid groups (broad SMARTS) is 1. The van der Waals surface area contributed by atoms with E-state index in [1.165, 1.54) is 0 Å². The smallest absolute Gasteiger partial charge is 0.315 e. The van der Waals surface area contributed by atoms with Crippen molar-refractivity contribution in [3.05, 3.63) is 0 Å². The molecule has 1 rings (SSSR count). The van der Waals surface area contributed by atoms with E-state index in [1.54, 1.807) is 0 Å². The van der Waals surface area contributed by atoms with Crippen LogP contribution in [0.1, 0.15) is 39.5 Å². The van der Waals surface area contributed by atoms with E-state index in [0.717, 1.165) is 25.9 Å². The van der Waals surface area contributed by atoms with Crippen LogP contribution in [0.25, 0.3) is 0 Å². The van der Waals surface area contributed by atoms with Gasteiger partial charge in [-0.25, -0.2) is 4.79 Å². The fourth-order valence-electron chi connectivity index (χ4n) is 2.65. The minimum Gasteiger partial charge on any atom is -0.481 e. The number of carboxylic acids is 1. The van der Waals surface area contributed by atoms with Crippen molar-refractivity contribution in [2.24, 2.45) is 5.41 Å². The second-order valence-electron chi connectivity index (χ2n) is 5.72. The maximum Gasteiger partial charge on any atom is 0.315 e. The summed E-state index contributed by atoms with van der Waals surface area (Å²) in [7, 11) is 2.04. The number of likely N-dealkylation sites (N-methyl/N-ethyl adjacent to an activating group) is 1. The molecule has 1 saturated heterocycles. The van der Waals surface area contributed by atoms with Crippen molar-refractivity contribution in [2.75, 3.05) is 26.7 Å². The first-order valence-corrected chi connectivity index (χ1v) is 7.40. The van der Waals surface area contributed by atoms with Crippen LogP contribution in [0.15, 0.2) is 0 Å². The molecule has 6 nitrogen and oxygen atoms in total. The van der Waals surface area contributed by atoms with Gasteiger partial charge in [-0.15, -0.1) is 0 Å². The topological polar surface area (TPSA) is 81.7 Å². The van der Waals surface area contributed by atoms with E-state index < -0.39 is 11.4 Å². The standard InChI is InChI=1S/C14H27N3O3/c1-4-14(5-2,12(18)19)10-15-13(20)16-11-7-6-8-17(3)9-11/h11H,4-10H2,1-3H3,(H,18,19)(H2,15,16,20). The number of rotatable bonds is 6. The number of carbonyl (C=O) groups excluding carboxylic acids is 1. The number of carbonyl (C=O) groups is 2. The fourth-order valence-corrected chi connectivity index (χ4v) is 2.65. The zero-order chi connectivity index (χ0) is 15.2. The van der Waals surface area contributed by atoms with E-state index in [9.17, 15) is 14.7 Å². The summed E-state index contributed by atoms with van der Waals surface area (Å²) in [4.78, 5) is 25.4. The van der Waals surface area contributed by atoms with Crippen molar-refractivity contribution < 1.29 is 14.7 Å². The van der Waals surface area contributed by atoms with Gasteiger partial charge in [0.15, 0.2) is 0 Å². The third-order valence-corrected chi connectivity index (χ3v) is 4.35. The van der Waals surface area contributed by atoms with E-state index in [-0.39, 0.29) is 18.6 Å². The molecule has 0 spiro atoms.